The van der Waals surface area contributed by atoms with Gasteiger partial charge in [0.2, 0.25) is 0 Å². The van der Waals surface area contributed by atoms with E-state index in [1.54, 1.807) is 11.1 Å². The van der Waals surface area contributed by atoms with Crippen molar-refractivity contribution in [3.8, 4) is 0 Å². The summed E-state index contributed by atoms with van der Waals surface area (Å²) in [6.45, 7) is 6.72. The number of hydrogen-bond acceptors (Lipinski definition) is 2. The van der Waals surface area contributed by atoms with Crippen molar-refractivity contribution in [3.05, 3.63) is 70.3 Å². The molecule has 1 fully saturated rings. The molecule has 27 heavy (non-hydrogen) atoms. The van der Waals surface area contributed by atoms with Gasteiger partial charge in [-0.1, -0.05) is 50.3 Å². The van der Waals surface area contributed by atoms with Gasteiger partial charge in [0.25, 0.3) is 0 Å². The zero-order chi connectivity index (χ0) is 19.0. The fourth-order valence-electron chi connectivity index (χ4n) is 4.72. The van der Waals surface area contributed by atoms with Crippen molar-refractivity contribution >= 4 is 17.6 Å². The maximum atomic E-state index is 11.8. The van der Waals surface area contributed by atoms with Crippen molar-refractivity contribution in [2.24, 2.45) is 5.92 Å². The molecule has 0 spiro atoms. The highest BCUT2D eigenvalue weighted by molar-refractivity contribution is 5.90. The summed E-state index contributed by atoms with van der Waals surface area (Å²) < 4.78 is 5.07. The fourth-order valence-corrected chi connectivity index (χ4v) is 4.72. The van der Waals surface area contributed by atoms with E-state index in [1.165, 1.54) is 30.4 Å². The predicted octanol–water partition coefficient (Wildman–Crippen LogP) is 6.42. The summed E-state index contributed by atoms with van der Waals surface area (Å²) in [6, 6.07) is 14.8. The molecule has 2 aromatic rings. The third-order valence-corrected chi connectivity index (χ3v) is 6.10. The second kappa shape index (κ2) is 7.34. The predicted molar refractivity (Wildman–Crippen MR) is 111 cm³/mol. The van der Waals surface area contributed by atoms with Crippen LogP contribution < -0.4 is 0 Å². The highest BCUT2D eigenvalue weighted by Gasteiger charge is 2.36. The van der Waals surface area contributed by atoms with Gasteiger partial charge >= 0.3 is 5.97 Å². The molecule has 140 valence electrons. The molecule has 2 heteroatoms. The Kier molecular flexibility index (Phi) is 4.90. The van der Waals surface area contributed by atoms with Crippen molar-refractivity contribution in [2.45, 2.75) is 51.9 Å². The van der Waals surface area contributed by atoms with Crippen LogP contribution in [0, 0.1) is 5.92 Å². The molecule has 2 aliphatic carbocycles. The summed E-state index contributed by atoms with van der Waals surface area (Å²) >= 11 is 0. The topological polar surface area (TPSA) is 26.3 Å². The second-order valence-corrected chi connectivity index (χ2v) is 8.15. The first-order valence-electron chi connectivity index (χ1n) is 10.2. The van der Waals surface area contributed by atoms with E-state index < -0.39 is 0 Å². The molecule has 0 heterocycles. The Morgan fingerprint density at radius 3 is 2.37 bits per heavy atom. The summed E-state index contributed by atoms with van der Waals surface area (Å²) in [6.07, 6.45) is 6.34. The van der Waals surface area contributed by atoms with Crippen molar-refractivity contribution in [3.63, 3.8) is 0 Å². The quantitative estimate of drug-likeness (QED) is 0.454. The van der Waals surface area contributed by atoms with E-state index in [4.69, 9.17) is 4.74 Å². The number of esters is 1. The van der Waals surface area contributed by atoms with E-state index >= 15 is 0 Å². The normalized spacial score (nSPS) is 20.8. The van der Waals surface area contributed by atoms with Gasteiger partial charge in [-0.25, -0.2) is 4.79 Å². The average molecular weight is 360 g/mol. The molecule has 2 nitrogen and oxygen atoms in total. The second-order valence-electron chi connectivity index (χ2n) is 8.15. The molecule has 2 bridgehead atoms. The third kappa shape index (κ3) is 3.45. The number of ether oxygens (including phenoxy) is 1. The van der Waals surface area contributed by atoms with Gasteiger partial charge < -0.3 is 4.74 Å². The van der Waals surface area contributed by atoms with Crippen LogP contribution in [0.15, 0.2) is 42.5 Å². The number of hydrogen-bond donors (Lipinski definition) is 0. The van der Waals surface area contributed by atoms with Crippen LogP contribution in [-0.2, 0) is 4.74 Å². The smallest absolute Gasteiger partial charge is 0.338 e. The molecule has 0 aliphatic heterocycles. The Morgan fingerprint density at radius 2 is 1.70 bits per heavy atom. The lowest BCUT2D eigenvalue weighted by Crippen LogP contribution is -2.04. The Bertz CT molecular complexity index is 874. The number of benzene rings is 2. The standard InChI is InChI=1S/C25H28O2/c1-4-27-25(26)18-7-5-17(6-8-18)13-23(16(2)3)21-11-12-22-19-9-10-20(14-19)24(22)15-21/h5-8,11-13,15-16,19-20H,4,9-10,14H2,1-3H3/t19-,20-/m1/s1. The summed E-state index contributed by atoms with van der Waals surface area (Å²) in [4.78, 5) is 11.8. The molecule has 0 amide bonds. The first-order chi connectivity index (χ1) is 13.1. The van der Waals surface area contributed by atoms with Crippen LogP contribution in [0.25, 0.3) is 11.6 Å². The van der Waals surface area contributed by atoms with Crippen molar-refractivity contribution in [2.75, 3.05) is 6.61 Å². The van der Waals surface area contributed by atoms with E-state index in [9.17, 15) is 4.79 Å². The molecule has 0 aromatic heterocycles. The molecule has 4 rings (SSSR count). The van der Waals surface area contributed by atoms with Crippen LogP contribution in [0.1, 0.15) is 84.5 Å². The molecule has 0 saturated heterocycles. The van der Waals surface area contributed by atoms with E-state index in [0.29, 0.717) is 18.1 Å². The van der Waals surface area contributed by atoms with Gasteiger partial charge in [-0.3, -0.25) is 0 Å². The zero-order valence-corrected chi connectivity index (χ0v) is 16.5. The third-order valence-electron chi connectivity index (χ3n) is 6.10. The van der Waals surface area contributed by atoms with Gasteiger partial charge in [0.1, 0.15) is 0 Å². The lowest BCUT2D eigenvalue weighted by molar-refractivity contribution is 0.0526. The average Bonchev–Trinajstić information content (AvgIpc) is 3.28. The molecule has 2 atom stereocenters. The summed E-state index contributed by atoms with van der Waals surface area (Å²) in [7, 11) is 0. The zero-order valence-electron chi connectivity index (χ0n) is 16.5. The van der Waals surface area contributed by atoms with Gasteiger partial charge in [-0.2, -0.15) is 0 Å². The van der Waals surface area contributed by atoms with Gasteiger partial charge in [0.15, 0.2) is 0 Å². The Hall–Kier alpha value is -2.35. The van der Waals surface area contributed by atoms with E-state index in [2.05, 4.69) is 38.1 Å². The Balaban J connectivity index is 1.63. The van der Waals surface area contributed by atoms with E-state index in [0.717, 1.165) is 17.4 Å². The van der Waals surface area contributed by atoms with Crippen LogP contribution in [0.5, 0.6) is 0 Å². The van der Waals surface area contributed by atoms with Crippen molar-refractivity contribution in [1.82, 2.24) is 0 Å². The summed E-state index contributed by atoms with van der Waals surface area (Å²) in [5, 5.41) is 0. The van der Waals surface area contributed by atoms with Gasteiger partial charge in [0, 0.05) is 0 Å². The highest BCUT2D eigenvalue weighted by Crippen LogP contribution is 2.53. The summed E-state index contributed by atoms with van der Waals surface area (Å²) in [5.74, 6) is 1.76. The van der Waals surface area contributed by atoms with Gasteiger partial charge in [0.05, 0.1) is 12.2 Å². The van der Waals surface area contributed by atoms with Crippen LogP contribution in [0.4, 0.5) is 0 Å². The minimum atomic E-state index is -0.259. The minimum absolute atomic E-state index is 0.259. The van der Waals surface area contributed by atoms with Gasteiger partial charge in [-0.15, -0.1) is 0 Å². The SMILES string of the molecule is CCOC(=O)c1ccc(C=C(c2ccc3c(c2)[C@@H]2CC[C@@H]3C2)C(C)C)cc1. The molecule has 2 aliphatic rings. The molecule has 0 N–H and O–H groups in total. The van der Waals surface area contributed by atoms with Crippen LogP contribution >= 0.6 is 0 Å². The molecule has 0 radical (unpaired) electrons. The highest BCUT2D eigenvalue weighted by atomic mass is 16.5. The first-order valence-corrected chi connectivity index (χ1v) is 10.2. The van der Waals surface area contributed by atoms with Crippen LogP contribution in [0.3, 0.4) is 0 Å². The number of carbonyl (C=O) groups is 1. The number of fused-ring (bicyclic) bond motifs is 5. The summed E-state index contributed by atoms with van der Waals surface area (Å²) in [5.41, 5.74) is 7.60. The maximum absolute atomic E-state index is 11.8. The Labute approximate surface area is 162 Å². The minimum Gasteiger partial charge on any atom is -0.462 e. The van der Waals surface area contributed by atoms with Crippen molar-refractivity contribution in [1.29, 1.82) is 0 Å². The van der Waals surface area contributed by atoms with Crippen LogP contribution in [-0.4, -0.2) is 12.6 Å². The molecule has 2 aromatic carbocycles. The van der Waals surface area contributed by atoms with Crippen LogP contribution in [0.2, 0.25) is 0 Å². The number of carbonyl (C=O) groups excluding carboxylic acids is 1. The maximum Gasteiger partial charge on any atom is 0.338 e. The molecular formula is C25H28O2. The number of allylic oxidation sites excluding steroid dienone is 1. The van der Waals surface area contributed by atoms with Crippen molar-refractivity contribution < 1.29 is 9.53 Å². The molecular weight excluding hydrogens is 332 g/mol. The number of rotatable bonds is 5. The van der Waals surface area contributed by atoms with Gasteiger partial charge in [-0.05, 0) is 83.9 Å². The molecule has 0 unspecified atom stereocenters. The fraction of sp³-hybridized carbons (Fsp3) is 0.400. The monoisotopic (exact) mass is 360 g/mol. The lowest BCUT2D eigenvalue weighted by Gasteiger charge is -2.19. The Morgan fingerprint density at radius 1 is 1.04 bits per heavy atom. The lowest BCUT2D eigenvalue weighted by atomic mass is 9.86. The molecule has 1 saturated carbocycles. The largest absolute Gasteiger partial charge is 0.462 e. The van der Waals surface area contributed by atoms with E-state index in [1.807, 2.05) is 31.2 Å². The van der Waals surface area contributed by atoms with E-state index in [-0.39, 0.29) is 5.97 Å². The first kappa shape index (κ1) is 18.0.